The highest BCUT2D eigenvalue weighted by molar-refractivity contribution is 5.88. The van der Waals surface area contributed by atoms with Crippen LogP contribution in [0.4, 0.5) is 5.69 Å². The van der Waals surface area contributed by atoms with Gasteiger partial charge >= 0.3 is 0 Å². The molecule has 1 aliphatic rings. The molecule has 16 heavy (non-hydrogen) atoms. The summed E-state index contributed by atoms with van der Waals surface area (Å²) in [6.45, 7) is 6.08. The first kappa shape index (κ1) is 12.8. The van der Waals surface area contributed by atoms with Crippen molar-refractivity contribution in [2.75, 3.05) is 5.73 Å². The van der Waals surface area contributed by atoms with E-state index in [1.807, 2.05) is 13.8 Å². The fraction of sp³-hybridized carbons (Fsp3) is 0.500. The van der Waals surface area contributed by atoms with Gasteiger partial charge in [0.25, 0.3) is 0 Å². The Hall–Kier alpha value is -1.31. The molecule has 2 nitrogen and oxygen atoms in total. The van der Waals surface area contributed by atoms with Gasteiger partial charge < -0.3 is 11.1 Å². The van der Waals surface area contributed by atoms with Crippen molar-refractivity contribution in [1.82, 2.24) is 0 Å². The van der Waals surface area contributed by atoms with Gasteiger partial charge in [-0.1, -0.05) is 13.8 Å². The van der Waals surface area contributed by atoms with Gasteiger partial charge in [-0.2, -0.15) is 0 Å². The maximum Gasteiger partial charge on any atom is 0.0408 e. The molecule has 3 N–H and O–H groups in total. The second kappa shape index (κ2) is 5.69. The molecule has 0 atom stereocenters. The van der Waals surface area contributed by atoms with Gasteiger partial charge in [-0.05, 0) is 55.4 Å². The Kier molecular flexibility index (Phi) is 4.53. The standard InChI is InChI=1S/C12H16N2.C2H6/c1-8-10-5-3-2-4-9(10)6-12(14)11(8)7-13;1-2/h6-7,13H,2-5,14H2,1H3;1-2H3. The normalized spacial score (nSPS) is 13.4. The molecule has 0 bridgehead atoms. The number of aryl methyl sites for hydroxylation is 1. The average molecular weight is 218 g/mol. The van der Waals surface area contributed by atoms with Gasteiger partial charge in [0.15, 0.2) is 0 Å². The molecular weight excluding hydrogens is 196 g/mol. The first-order valence-electron chi connectivity index (χ1n) is 6.15. The zero-order valence-electron chi connectivity index (χ0n) is 10.6. The van der Waals surface area contributed by atoms with E-state index in [2.05, 4.69) is 13.0 Å². The number of nitrogen functional groups attached to an aromatic ring is 1. The summed E-state index contributed by atoms with van der Waals surface area (Å²) < 4.78 is 0. The minimum absolute atomic E-state index is 0.762. The molecule has 1 aromatic carbocycles. The number of nitrogens with one attached hydrogen (secondary N) is 1. The number of benzene rings is 1. The molecule has 0 heterocycles. The van der Waals surface area contributed by atoms with Crippen LogP contribution in [0.3, 0.4) is 0 Å². The minimum atomic E-state index is 0.762. The van der Waals surface area contributed by atoms with Crippen LogP contribution in [0.25, 0.3) is 0 Å². The number of fused-ring (bicyclic) bond motifs is 1. The predicted molar refractivity (Wildman–Crippen MR) is 71.5 cm³/mol. The summed E-state index contributed by atoms with van der Waals surface area (Å²) in [5.41, 5.74) is 11.6. The Morgan fingerprint density at radius 1 is 1.25 bits per heavy atom. The van der Waals surface area contributed by atoms with Crippen LogP contribution in [0.15, 0.2) is 6.07 Å². The van der Waals surface area contributed by atoms with Crippen LogP contribution in [-0.2, 0) is 12.8 Å². The summed E-state index contributed by atoms with van der Waals surface area (Å²) in [6, 6.07) is 2.06. The van der Waals surface area contributed by atoms with Crippen molar-refractivity contribution in [2.45, 2.75) is 46.5 Å². The van der Waals surface area contributed by atoms with Crippen molar-refractivity contribution < 1.29 is 0 Å². The molecule has 0 spiro atoms. The first-order chi connectivity index (χ1) is 7.74. The van der Waals surface area contributed by atoms with E-state index in [9.17, 15) is 0 Å². The van der Waals surface area contributed by atoms with Crippen LogP contribution >= 0.6 is 0 Å². The second-order valence-corrected chi connectivity index (χ2v) is 3.99. The minimum Gasteiger partial charge on any atom is -0.398 e. The topological polar surface area (TPSA) is 49.9 Å². The molecule has 0 saturated heterocycles. The van der Waals surface area contributed by atoms with Crippen LogP contribution in [-0.4, -0.2) is 6.21 Å². The van der Waals surface area contributed by atoms with Crippen molar-refractivity contribution in [3.05, 3.63) is 28.3 Å². The molecule has 0 aliphatic heterocycles. The van der Waals surface area contributed by atoms with Crippen molar-refractivity contribution in [2.24, 2.45) is 0 Å². The van der Waals surface area contributed by atoms with E-state index < -0.39 is 0 Å². The lowest BCUT2D eigenvalue weighted by atomic mass is 9.86. The number of rotatable bonds is 1. The Bertz CT molecular complexity index is 381. The van der Waals surface area contributed by atoms with Gasteiger partial charge in [0.05, 0.1) is 0 Å². The summed E-state index contributed by atoms with van der Waals surface area (Å²) in [7, 11) is 0. The van der Waals surface area contributed by atoms with Crippen molar-refractivity contribution in [3.63, 3.8) is 0 Å². The van der Waals surface area contributed by atoms with E-state index in [4.69, 9.17) is 11.1 Å². The number of hydrogen-bond donors (Lipinski definition) is 2. The molecule has 0 fully saturated rings. The van der Waals surface area contributed by atoms with E-state index in [0.717, 1.165) is 24.1 Å². The van der Waals surface area contributed by atoms with Crippen LogP contribution in [0.1, 0.15) is 48.9 Å². The zero-order valence-corrected chi connectivity index (χ0v) is 10.6. The fourth-order valence-electron chi connectivity index (χ4n) is 2.35. The van der Waals surface area contributed by atoms with Gasteiger partial charge in [0.1, 0.15) is 0 Å². The quantitative estimate of drug-likeness (QED) is 0.550. The monoisotopic (exact) mass is 218 g/mol. The Morgan fingerprint density at radius 2 is 1.88 bits per heavy atom. The summed E-state index contributed by atoms with van der Waals surface area (Å²) >= 11 is 0. The number of hydrogen-bond acceptors (Lipinski definition) is 2. The Balaban J connectivity index is 0.000000606. The lowest BCUT2D eigenvalue weighted by Crippen LogP contribution is -2.09. The van der Waals surface area contributed by atoms with Gasteiger partial charge in [-0.25, -0.2) is 0 Å². The van der Waals surface area contributed by atoms with Crippen molar-refractivity contribution >= 4 is 11.9 Å². The molecule has 0 aromatic heterocycles. The third kappa shape index (κ3) is 2.26. The third-order valence-electron chi connectivity index (χ3n) is 3.15. The third-order valence-corrected chi connectivity index (χ3v) is 3.15. The number of nitrogens with two attached hydrogens (primary N) is 1. The summed E-state index contributed by atoms with van der Waals surface area (Å²) in [5, 5.41) is 7.34. The van der Waals surface area contributed by atoms with Crippen LogP contribution < -0.4 is 5.73 Å². The Labute approximate surface area is 98.4 Å². The molecule has 0 radical (unpaired) electrons. The molecule has 0 unspecified atom stereocenters. The number of anilines is 1. The molecule has 2 heteroatoms. The van der Waals surface area contributed by atoms with Gasteiger partial charge in [0, 0.05) is 17.5 Å². The van der Waals surface area contributed by atoms with Gasteiger partial charge in [-0.3, -0.25) is 0 Å². The largest absolute Gasteiger partial charge is 0.398 e. The van der Waals surface area contributed by atoms with Crippen LogP contribution in [0.5, 0.6) is 0 Å². The van der Waals surface area contributed by atoms with E-state index >= 15 is 0 Å². The van der Waals surface area contributed by atoms with Gasteiger partial charge in [-0.15, -0.1) is 0 Å². The van der Waals surface area contributed by atoms with Crippen LogP contribution in [0.2, 0.25) is 0 Å². The highest BCUT2D eigenvalue weighted by atomic mass is 14.6. The van der Waals surface area contributed by atoms with E-state index in [-0.39, 0.29) is 0 Å². The molecule has 2 rings (SSSR count). The van der Waals surface area contributed by atoms with E-state index in [1.54, 1.807) is 0 Å². The van der Waals surface area contributed by atoms with Crippen molar-refractivity contribution in [3.8, 4) is 0 Å². The fourth-order valence-corrected chi connectivity index (χ4v) is 2.35. The van der Waals surface area contributed by atoms with Crippen LogP contribution in [0, 0.1) is 12.3 Å². The molecule has 0 saturated carbocycles. The first-order valence-corrected chi connectivity index (χ1v) is 6.15. The SMILES string of the molecule is CC.Cc1c(C=N)c(N)cc2c1CCCC2. The predicted octanol–water partition coefficient (Wildman–Crippen LogP) is 3.48. The molecule has 1 aromatic rings. The highest BCUT2D eigenvalue weighted by Crippen LogP contribution is 2.29. The smallest absolute Gasteiger partial charge is 0.0408 e. The maximum absolute atomic E-state index is 7.34. The average Bonchev–Trinajstić information content (AvgIpc) is 2.32. The highest BCUT2D eigenvalue weighted by Gasteiger charge is 2.15. The summed E-state index contributed by atoms with van der Waals surface area (Å²) in [6.07, 6.45) is 6.23. The molecular formula is C14H22N2. The summed E-state index contributed by atoms with van der Waals surface area (Å²) in [5.74, 6) is 0. The second-order valence-electron chi connectivity index (χ2n) is 3.99. The maximum atomic E-state index is 7.34. The molecule has 0 amide bonds. The van der Waals surface area contributed by atoms with E-state index in [1.165, 1.54) is 35.7 Å². The van der Waals surface area contributed by atoms with Crippen molar-refractivity contribution in [1.29, 1.82) is 5.41 Å². The van der Waals surface area contributed by atoms with Gasteiger partial charge in [0.2, 0.25) is 0 Å². The Morgan fingerprint density at radius 3 is 2.50 bits per heavy atom. The lowest BCUT2D eigenvalue weighted by Gasteiger charge is -2.20. The zero-order chi connectivity index (χ0) is 12.1. The van der Waals surface area contributed by atoms with E-state index in [0.29, 0.717) is 0 Å². The molecule has 88 valence electrons. The lowest BCUT2D eigenvalue weighted by molar-refractivity contribution is 0.682. The summed E-state index contributed by atoms with van der Waals surface area (Å²) in [4.78, 5) is 0. The molecule has 1 aliphatic carbocycles.